The topological polar surface area (TPSA) is 88.4 Å². The van der Waals surface area contributed by atoms with Crippen molar-refractivity contribution in [3.8, 4) is 0 Å². The summed E-state index contributed by atoms with van der Waals surface area (Å²) in [6.07, 6.45) is 2.15. The molecule has 0 spiro atoms. The van der Waals surface area contributed by atoms with Gasteiger partial charge in [0.15, 0.2) is 5.65 Å². The van der Waals surface area contributed by atoms with Crippen molar-refractivity contribution in [1.82, 2.24) is 24.0 Å². The van der Waals surface area contributed by atoms with Crippen molar-refractivity contribution in [3.63, 3.8) is 0 Å². The summed E-state index contributed by atoms with van der Waals surface area (Å²) in [5, 5.41) is 5.19. The number of hydrogen-bond acceptors (Lipinski definition) is 5. The van der Waals surface area contributed by atoms with Crippen LogP contribution in [0.1, 0.15) is 28.0 Å². The lowest BCUT2D eigenvalue weighted by molar-refractivity contribution is 0.0764. The molecule has 1 aromatic carbocycles. The predicted octanol–water partition coefficient (Wildman–Crippen LogP) is 2.12. The van der Waals surface area contributed by atoms with Gasteiger partial charge < -0.3 is 4.90 Å². The van der Waals surface area contributed by atoms with Gasteiger partial charge in [0.05, 0.1) is 16.2 Å². The van der Waals surface area contributed by atoms with Crippen molar-refractivity contribution < 1.29 is 13.2 Å². The monoisotopic (exact) mass is 427 g/mol. The van der Waals surface area contributed by atoms with E-state index in [1.54, 1.807) is 40.0 Å². The maximum Gasteiger partial charge on any atom is 0.255 e. The predicted molar refractivity (Wildman–Crippen MR) is 114 cm³/mol. The Morgan fingerprint density at radius 1 is 1.03 bits per heavy atom. The molecule has 1 aliphatic heterocycles. The van der Waals surface area contributed by atoms with Gasteiger partial charge in [-0.15, -0.1) is 0 Å². The molecule has 0 saturated carbocycles. The molecule has 3 heterocycles. The second kappa shape index (κ2) is 7.81. The standard InChI is InChI=1S/C21H25N5O3S/c1-15-5-7-18(8-6-15)30(28,29)26-10-4-9-25(11-12-26)21(27)17-13-19-16(2)23-24(3)20(19)22-14-17/h5-8,13-14H,4,9-12H2,1-3H3. The highest BCUT2D eigenvalue weighted by Crippen LogP contribution is 2.21. The fraction of sp³-hybridized carbons (Fsp3) is 0.381. The van der Waals surface area contributed by atoms with Gasteiger partial charge in [0.1, 0.15) is 0 Å². The third-order valence-electron chi connectivity index (χ3n) is 5.51. The molecule has 3 aromatic rings. The van der Waals surface area contributed by atoms with Crippen LogP contribution in [0.5, 0.6) is 0 Å². The Balaban J connectivity index is 1.52. The number of nitrogens with zero attached hydrogens (tertiary/aromatic N) is 5. The molecule has 1 saturated heterocycles. The van der Waals surface area contributed by atoms with Crippen LogP contribution in [0.3, 0.4) is 0 Å². The van der Waals surface area contributed by atoms with Gasteiger partial charge in [-0.05, 0) is 38.5 Å². The van der Waals surface area contributed by atoms with Crippen LogP contribution in [0.4, 0.5) is 0 Å². The van der Waals surface area contributed by atoms with E-state index in [-0.39, 0.29) is 17.3 Å². The Labute approximate surface area is 176 Å². The van der Waals surface area contributed by atoms with Crippen molar-refractivity contribution in [2.75, 3.05) is 26.2 Å². The van der Waals surface area contributed by atoms with Crippen LogP contribution < -0.4 is 0 Å². The summed E-state index contributed by atoms with van der Waals surface area (Å²) in [5.74, 6) is -0.137. The molecule has 158 valence electrons. The quantitative estimate of drug-likeness (QED) is 0.639. The lowest BCUT2D eigenvalue weighted by Gasteiger charge is -2.22. The molecule has 1 aliphatic rings. The Kier molecular flexibility index (Phi) is 5.33. The highest BCUT2D eigenvalue weighted by atomic mass is 32.2. The van der Waals surface area contributed by atoms with Crippen LogP contribution >= 0.6 is 0 Å². The van der Waals surface area contributed by atoms with Gasteiger partial charge in [-0.1, -0.05) is 17.7 Å². The van der Waals surface area contributed by atoms with E-state index in [2.05, 4.69) is 10.1 Å². The minimum absolute atomic E-state index is 0.137. The molecule has 0 N–H and O–H groups in total. The molecule has 0 atom stereocenters. The fourth-order valence-corrected chi connectivity index (χ4v) is 5.27. The second-order valence-corrected chi connectivity index (χ2v) is 9.61. The van der Waals surface area contributed by atoms with E-state index >= 15 is 0 Å². The highest BCUT2D eigenvalue weighted by Gasteiger charge is 2.28. The first-order valence-corrected chi connectivity index (χ1v) is 11.4. The molecule has 4 rings (SSSR count). The summed E-state index contributed by atoms with van der Waals surface area (Å²) in [5.41, 5.74) is 3.06. The molecule has 0 bridgehead atoms. The third-order valence-corrected chi connectivity index (χ3v) is 7.42. The number of sulfonamides is 1. The van der Waals surface area contributed by atoms with Crippen molar-refractivity contribution in [1.29, 1.82) is 0 Å². The van der Waals surface area contributed by atoms with Gasteiger partial charge in [-0.3, -0.25) is 9.48 Å². The summed E-state index contributed by atoms with van der Waals surface area (Å²) in [7, 11) is -1.75. The summed E-state index contributed by atoms with van der Waals surface area (Å²) in [6, 6.07) is 8.68. The molecule has 1 amide bonds. The Morgan fingerprint density at radius 3 is 2.50 bits per heavy atom. The average Bonchev–Trinajstić information content (AvgIpc) is 2.90. The van der Waals surface area contributed by atoms with E-state index in [0.717, 1.165) is 22.3 Å². The number of hydrogen-bond donors (Lipinski definition) is 0. The van der Waals surface area contributed by atoms with Crippen LogP contribution in [-0.4, -0.2) is 64.5 Å². The van der Waals surface area contributed by atoms with Crippen LogP contribution in [0, 0.1) is 13.8 Å². The number of aryl methyl sites for hydroxylation is 3. The van der Waals surface area contributed by atoms with E-state index in [4.69, 9.17) is 0 Å². The van der Waals surface area contributed by atoms with Gasteiger partial charge >= 0.3 is 0 Å². The molecule has 0 radical (unpaired) electrons. The first-order valence-electron chi connectivity index (χ1n) is 9.93. The van der Waals surface area contributed by atoms with Crippen molar-refractivity contribution >= 4 is 27.0 Å². The van der Waals surface area contributed by atoms with Gasteiger partial charge in [0, 0.05) is 44.8 Å². The summed E-state index contributed by atoms with van der Waals surface area (Å²) >= 11 is 0. The molecular weight excluding hydrogens is 402 g/mol. The maximum absolute atomic E-state index is 13.1. The number of amides is 1. The Morgan fingerprint density at radius 2 is 1.77 bits per heavy atom. The van der Waals surface area contributed by atoms with Crippen LogP contribution in [0.2, 0.25) is 0 Å². The van der Waals surface area contributed by atoms with Crippen molar-refractivity contribution in [3.05, 3.63) is 53.3 Å². The van der Waals surface area contributed by atoms with E-state index in [0.29, 0.717) is 31.6 Å². The number of carbonyl (C=O) groups is 1. The summed E-state index contributed by atoms with van der Waals surface area (Å²) < 4.78 is 29.1. The Hall–Kier alpha value is -2.78. The number of rotatable bonds is 3. The molecule has 0 unspecified atom stereocenters. The summed E-state index contributed by atoms with van der Waals surface area (Å²) in [6.45, 7) is 5.31. The van der Waals surface area contributed by atoms with Crippen LogP contribution in [-0.2, 0) is 17.1 Å². The minimum Gasteiger partial charge on any atom is -0.337 e. The molecule has 2 aromatic heterocycles. The Bertz CT molecular complexity index is 1200. The van der Waals surface area contributed by atoms with E-state index < -0.39 is 10.0 Å². The number of fused-ring (bicyclic) bond motifs is 1. The molecule has 9 heteroatoms. The van der Waals surface area contributed by atoms with E-state index in [1.807, 2.05) is 27.0 Å². The average molecular weight is 428 g/mol. The number of carbonyl (C=O) groups excluding carboxylic acids is 1. The van der Waals surface area contributed by atoms with E-state index in [1.165, 1.54) is 4.31 Å². The molecule has 0 aliphatic carbocycles. The lowest BCUT2D eigenvalue weighted by atomic mass is 10.2. The number of benzene rings is 1. The van der Waals surface area contributed by atoms with Crippen LogP contribution in [0.15, 0.2) is 41.4 Å². The summed E-state index contributed by atoms with van der Waals surface area (Å²) in [4.78, 5) is 19.5. The first kappa shape index (κ1) is 20.5. The maximum atomic E-state index is 13.1. The molecule has 30 heavy (non-hydrogen) atoms. The normalized spacial score (nSPS) is 16.0. The van der Waals surface area contributed by atoms with Crippen molar-refractivity contribution in [2.24, 2.45) is 7.05 Å². The number of pyridine rings is 1. The van der Waals surface area contributed by atoms with E-state index in [9.17, 15) is 13.2 Å². The van der Waals surface area contributed by atoms with Crippen molar-refractivity contribution in [2.45, 2.75) is 25.2 Å². The second-order valence-electron chi connectivity index (χ2n) is 7.67. The van der Waals surface area contributed by atoms with Gasteiger partial charge in [0.25, 0.3) is 5.91 Å². The zero-order valence-electron chi connectivity index (χ0n) is 17.4. The fourth-order valence-electron chi connectivity index (χ4n) is 3.80. The molecule has 1 fully saturated rings. The highest BCUT2D eigenvalue weighted by molar-refractivity contribution is 7.89. The number of aromatic nitrogens is 3. The largest absolute Gasteiger partial charge is 0.337 e. The van der Waals surface area contributed by atoms with Gasteiger partial charge in [-0.25, -0.2) is 13.4 Å². The van der Waals surface area contributed by atoms with Gasteiger partial charge in [0.2, 0.25) is 10.0 Å². The molecular formula is C21H25N5O3S. The smallest absolute Gasteiger partial charge is 0.255 e. The lowest BCUT2D eigenvalue weighted by Crippen LogP contribution is -2.37. The molecule has 8 nitrogen and oxygen atoms in total. The minimum atomic E-state index is -3.58. The first-order chi connectivity index (χ1) is 14.3. The van der Waals surface area contributed by atoms with Crippen LogP contribution in [0.25, 0.3) is 11.0 Å². The zero-order chi connectivity index (χ0) is 21.5. The zero-order valence-corrected chi connectivity index (χ0v) is 18.2. The van der Waals surface area contributed by atoms with Gasteiger partial charge in [-0.2, -0.15) is 9.40 Å². The third kappa shape index (κ3) is 3.70. The SMILES string of the molecule is Cc1ccc(S(=O)(=O)N2CCCN(C(=O)c3cnc4c(c3)c(C)nn4C)CC2)cc1.